The van der Waals surface area contributed by atoms with E-state index in [-0.39, 0.29) is 23.4 Å². The lowest BCUT2D eigenvalue weighted by atomic mass is 10.2. The number of pyridine rings is 1. The summed E-state index contributed by atoms with van der Waals surface area (Å²) in [7, 11) is 1.49. The second kappa shape index (κ2) is 6.72. The zero-order valence-corrected chi connectivity index (χ0v) is 11.4. The third kappa shape index (κ3) is 4.57. The van der Waals surface area contributed by atoms with Crippen molar-refractivity contribution >= 4 is 11.8 Å². The third-order valence-corrected chi connectivity index (χ3v) is 2.49. The number of likely N-dealkylation sites (N-methyl/N-ethyl adjacent to an activating group) is 1. The SMILES string of the molecule is CC(C)CNC(=O)CN(C)C(=O)c1c[nH]ccc1=O. The van der Waals surface area contributed by atoms with Gasteiger partial charge in [0.15, 0.2) is 5.43 Å². The molecule has 0 unspecified atom stereocenters. The van der Waals surface area contributed by atoms with Gasteiger partial charge in [0.1, 0.15) is 5.56 Å². The lowest BCUT2D eigenvalue weighted by Crippen LogP contribution is -2.40. The fraction of sp³-hybridized carbons (Fsp3) is 0.462. The van der Waals surface area contributed by atoms with E-state index < -0.39 is 5.91 Å². The quantitative estimate of drug-likeness (QED) is 0.799. The molecule has 0 aliphatic rings. The number of nitrogens with one attached hydrogen (secondary N) is 2. The summed E-state index contributed by atoms with van der Waals surface area (Å²) >= 11 is 0. The molecule has 0 saturated heterocycles. The van der Waals surface area contributed by atoms with E-state index >= 15 is 0 Å². The normalized spacial score (nSPS) is 10.3. The molecule has 0 spiro atoms. The van der Waals surface area contributed by atoms with E-state index in [0.29, 0.717) is 12.5 Å². The van der Waals surface area contributed by atoms with Crippen molar-refractivity contribution < 1.29 is 9.59 Å². The number of amides is 2. The predicted octanol–water partition coefficient (Wildman–Crippen LogP) is 0.219. The molecule has 1 aromatic rings. The average Bonchev–Trinajstić information content (AvgIpc) is 2.36. The van der Waals surface area contributed by atoms with Gasteiger partial charge >= 0.3 is 0 Å². The summed E-state index contributed by atoms with van der Waals surface area (Å²) in [4.78, 5) is 39.0. The van der Waals surface area contributed by atoms with Crippen LogP contribution in [0.1, 0.15) is 24.2 Å². The highest BCUT2D eigenvalue weighted by atomic mass is 16.2. The van der Waals surface area contributed by atoms with E-state index in [0.717, 1.165) is 0 Å². The summed E-state index contributed by atoms with van der Waals surface area (Å²) < 4.78 is 0. The monoisotopic (exact) mass is 265 g/mol. The summed E-state index contributed by atoms with van der Waals surface area (Å²) in [5.41, 5.74) is -0.333. The van der Waals surface area contributed by atoms with Crippen molar-refractivity contribution in [1.29, 1.82) is 0 Å². The first kappa shape index (κ1) is 14.9. The van der Waals surface area contributed by atoms with Gasteiger partial charge in [0.2, 0.25) is 5.91 Å². The van der Waals surface area contributed by atoms with Crippen LogP contribution in [0.3, 0.4) is 0 Å². The Balaban J connectivity index is 2.61. The van der Waals surface area contributed by atoms with Crippen LogP contribution in [0, 0.1) is 5.92 Å². The second-order valence-electron chi connectivity index (χ2n) is 4.78. The molecule has 1 heterocycles. The molecule has 19 heavy (non-hydrogen) atoms. The van der Waals surface area contributed by atoms with Crippen molar-refractivity contribution in [3.63, 3.8) is 0 Å². The number of aromatic amines is 1. The van der Waals surface area contributed by atoms with Gasteiger partial charge < -0.3 is 15.2 Å². The number of nitrogens with zero attached hydrogens (tertiary/aromatic N) is 1. The number of aromatic nitrogens is 1. The Kier molecular flexibility index (Phi) is 5.29. The Morgan fingerprint density at radius 2 is 2.11 bits per heavy atom. The van der Waals surface area contributed by atoms with E-state index in [2.05, 4.69) is 10.3 Å². The summed E-state index contributed by atoms with van der Waals surface area (Å²) in [6.45, 7) is 4.46. The summed E-state index contributed by atoms with van der Waals surface area (Å²) in [6.07, 6.45) is 2.79. The van der Waals surface area contributed by atoms with E-state index in [1.165, 1.54) is 30.4 Å². The van der Waals surface area contributed by atoms with Gasteiger partial charge in [-0.25, -0.2) is 0 Å². The largest absolute Gasteiger partial charge is 0.367 e. The Bertz CT molecular complexity index is 508. The third-order valence-electron chi connectivity index (χ3n) is 2.49. The van der Waals surface area contributed by atoms with Crippen molar-refractivity contribution in [2.45, 2.75) is 13.8 Å². The molecule has 0 atom stereocenters. The highest BCUT2D eigenvalue weighted by Gasteiger charge is 2.17. The minimum absolute atomic E-state index is 0.0293. The maximum atomic E-state index is 12.0. The second-order valence-corrected chi connectivity index (χ2v) is 4.78. The van der Waals surface area contributed by atoms with Crippen LogP contribution in [0.25, 0.3) is 0 Å². The molecule has 0 fully saturated rings. The van der Waals surface area contributed by atoms with Crippen molar-refractivity contribution in [2.75, 3.05) is 20.1 Å². The maximum Gasteiger partial charge on any atom is 0.259 e. The van der Waals surface area contributed by atoms with Gasteiger partial charge in [0.25, 0.3) is 5.91 Å². The van der Waals surface area contributed by atoms with Crippen LogP contribution in [-0.2, 0) is 4.79 Å². The van der Waals surface area contributed by atoms with Gasteiger partial charge in [0.05, 0.1) is 6.54 Å². The fourth-order valence-corrected chi connectivity index (χ4v) is 1.45. The number of hydrogen-bond acceptors (Lipinski definition) is 3. The topological polar surface area (TPSA) is 82.3 Å². The smallest absolute Gasteiger partial charge is 0.259 e. The molecule has 6 heteroatoms. The first-order chi connectivity index (χ1) is 8.91. The molecule has 0 aliphatic carbocycles. The van der Waals surface area contributed by atoms with E-state index in [4.69, 9.17) is 0 Å². The molecule has 0 saturated carbocycles. The molecule has 0 radical (unpaired) electrons. The minimum Gasteiger partial charge on any atom is -0.367 e. The Morgan fingerprint density at radius 1 is 1.42 bits per heavy atom. The molecular weight excluding hydrogens is 246 g/mol. The van der Waals surface area contributed by atoms with Gasteiger partial charge in [-0.3, -0.25) is 14.4 Å². The molecule has 0 aromatic carbocycles. The van der Waals surface area contributed by atoms with Crippen molar-refractivity contribution in [2.24, 2.45) is 5.92 Å². The molecule has 0 bridgehead atoms. The molecule has 2 amide bonds. The number of H-pyrrole nitrogens is 1. The van der Waals surface area contributed by atoms with Crippen molar-refractivity contribution in [3.05, 3.63) is 34.2 Å². The van der Waals surface area contributed by atoms with E-state index in [1.807, 2.05) is 13.8 Å². The van der Waals surface area contributed by atoms with Crippen LogP contribution in [0.4, 0.5) is 0 Å². The summed E-state index contributed by atoms with van der Waals surface area (Å²) in [5.74, 6) is -0.361. The molecule has 1 aromatic heterocycles. The average molecular weight is 265 g/mol. The number of carbonyl (C=O) groups excluding carboxylic acids is 2. The number of carbonyl (C=O) groups is 2. The maximum absolute atomic E-state index is 12.0. The minimum atomic E-state index is -0.471. The summed E-state index contributed by atoms with van der Waals surface area (Å²) in [5, 5.41) is 2.72. The Morgan fingerprint density at radius 3 is 2.68 bits per heavy atom. The van der Waals surface area contributed by atoms with Gasteiger partial charge in [-0.15, -0.1) is 0 Å². The van der Waals surface area contributed by atoms with Gasteiger partial charge in [-0.05, 0) is 5.92 Å². The fourth-order valence-electron chi connectivity index (χ4n) is 1.45. The van der Waals surface area contributed by atoms with Crippen LogP contribution in [0.15, 0.2) is 23.3 Å². The molecule has 2 N–H and O–H groups in total. The van der Waals surface area contributed by atoms with Crippen LogP contribution >= 0.6 is 0 Å². The molecule has 0 aliphatic heterocycles. The van der Waals surface area contributed by atoms with Crippen molar-refractivity contribution in [3.8, 4) is 0 Å². The first-order valence-corrected chi connectivity index (χ1v) is 6.11. The van der Waals surface area contributed by atoms with Gasteiger partial charge in [-0.2, -0.15) is 0 Å². The van der Waals surface area contributed by atoms with E-state index in [1.54, 1.807) is 0 Å². The standard InChI is InChI=1S/C13H19N3O3/c1-9(2)6-15-12(18)8-16(3)13(19)10-7-14-5-4-11(10)17/h4-5,7,9H,6,8H2,1-3H3,(H,14,17)(H,15,18). The Hall–Kier alpha value is -2.11. The number of rotatable bonds is 5. The van der Waals surface area contributed by atoms with Crippen molar-refractivity contribution in [1.82, 2.24) is 15.2 Å². The lowest BCUT2D eigenvalue weighted by molar-refractivity contribution is -0.121. The Labute approximate surface area is 111 Å². The molecular formula is C13H19N3O3. The van der Waals surface area contributed by atoms with Crippen LogP contribution in [0.5, 0.6) is 0 Å². The summed E-state index contributed by atoms with van der Waals surface area (Å²) in [6, 6.07) is 1.28. The zero-order valence-electron chi connectivity index (χ0n) is 11.4. The van der Waals surface area contributed by atoms with Crippen LogP contribution < -0.4 is 10.7 Å². The lowest BCUT2D eigenvalue weighted by Gasteiger charge is -2.16. The van der Waals surface area contributed by atoms with E-state index in [9.17, 15) is 14.4 Å². The van der Waals surface area contributed by atoms with Crippen LogP contribution in [-0.4, -0.2) is 41.8 Å². The highest BCUT2D eigenvalue weighted by Crippen LogP contribution is 1.96. The molecule has 104 valence electrons. The molecule has 6 nitrogen and oxygen atoms in total. The zero-order chi connectivity index (χ0) is 14.4. The number of hydrogen-bond donors (Lipinski definition) is 2. The molecule has 1 rings (SSSR count). The van der Waals surface area contributed by atoms with Gasteiger partial charge in [0, 0.05) is 32.1 Å². The van der Waals surface area contributed by atoms with Gasteiger partial charge in [-0.1, -0.05) is 13.8 Å². The predicted molar refractivity (Wildman–Crippen MR) is 71.9 cm³/mol. The first-order valence-electron chi connectivity index (χ1n) is 6.11. The van der Waals surface area contributed by atoms with Crippen LogP contribution in [0.2, 0.25) is 0 Å². The highest BCUT2D eigenvalue weighted by molar-refractivity contribution is 5.95.